The molecule has 0 aliphatic rings. The molecular weight excluding hydrogens is 800 g/mol. The van der Waals surface area contributed by atoms with Gasteiger partial charge in [-0.25, -0.2) is 0 Å². The predicted molar refractivity (Wildman–Crippen MR) is 207 cm³/mol. The molecule has 0 fully saturated rings. The number of Topliss-reactive ketones (excluding diaryl/α,β-unsaturated/α-hetero) is 2. The molecule has 0 heterocycles. The van der Waals surface area contributed by atoms with E-state index in [1.807, 2.05) is 0 Å². The van der Waals surface area contributed by atoms with Crippen LogP contribution in [0.4, 0.5) is 0 Å². The third kappa shape index (κ3) is 14.8. The van der Waals surface area contributed by atoms with Crippen molar-refractivity contribution in [3.8, 4) is 0 Å². The van der Waals surface area contributed by atoms with Gasteiger partial charge in [0.05, 0.1) is 75.7 Å². The largest absolute Gasteiger partial charge is 0.465 e. The molecule has 0 aliphatic heterocycles. The minimum Gasteiger partial charge on any atom is -0.465 e. The molecule has 0 unspecified atom stereocenters. The first-order valence-electron chi connectivity index (χ1n) is 19.5. The molecule has 0 aromatic carbocycles. The molecule has 0 spiro atoms. The number of rotatable bonds is 31. The second-order valence-electron chi connectivity index (χ2n) is 17.5. The van der Waals surface area contributed by atoms with Crippen molar-refractivity contribution in [3.05, 3.63) is 0 Å². The molecule has 0 aliphatic carbocycles. The highest BCUT2D eigenvalue weighted by molar-refractivity contribution is 5.89. The number of aliphatic hydroxyl groups excluding tert-OH is 8. The molecule has 0 radical (unpaired) electrons. The number of aliphatic hydroxyl groups is 8. The maximum atomic E-state index is 14.0. The van der Waals surface area contributed by atoms with Crippen LogP contribution in [0.3, 0.4) is 0 Å². The Morgan fingerprint density at radius 1 is 0.350 bits per heavy atom. The van der Waals surface area contributed by atoms with Gasteiger partial charge in [0.2, 0.25) is 0 Å². The number of esters is 5. The predicted octanol–water partition coefficient (Wildman–Crippen LogP) is -1.21. The summed E-state index contributed by atoms with van der Waals surface area (Å²) in [7, 11) is 0. The van der Waals surface area contributed by atoms with Crippen LogP contribution in [0.2, 0.25) is 0 Å². The Kier molecular flexibility index (Phi) is 22.7. The zero-order valence-corrected chi connectivity index (χ0v) is 36.2. The summed E-state index contributed by atoms with van der Waals surface area (Å²) in [6.45, 7) is 0.998. The lowest BCUT2D eigenvalue weighted by Crippen LogP contribution is -2.46. The van der Waals surface area contributed by atoms with Crippen LogP contribution >= 0.6 is 0 Å². The summed E-state index contributed by atoms with van der Waals surface area (Å²) >= 11 is 0. The van der Waals surface area contributed by atoms with Crippen molar-refractivity contribution in [2.75, 3.05) is 85.9 Å². The van der Waals surface area contributed by atoms with E-state index in [0.717, 1.165) is 0 Å². The Labute approximate surface area is 350 Å². The van der Waals surface area contributed by atoms with Crippen LogP contribution in [0.15, 0.2) is 0 Å². The van der Waals surface area contributed by atoms with E-state index >= 15 is 0 Å². The van der Waals surface area contributed by atoms with E-state index in [0.29, 0.717) is 6.42 Å². The van der Waals surface area contributed by atoms with Crippen molar-refractivity contribution in [1.29, 1.82) is 0 Å². The van der Waals surface area contributed by atoms with E-state index in [1.165, 1.54) is 48.5 Å². The van der Waals surface area contributed by atoms with Gasteiger partial charge >= 0.3 is 29.8 Å². The second-order valence-corrected chi connectivity index (χ2v) is 17.5. The molecule has 0 aromatic heterocycles. The molecule has 348 valence electrons. The van der Waals surface area contributed by atoms with Crippen molar-refractivity contribution in [3.63, 3.8) is 0 Å². The van der Waals surface area contributed by atoms with E-state index < -0.39 is 171 Å². The van der Waals surface area contributed by atoms with Crippen molar-refractivity contribution < 1.29 is 98.1 Å². The first-order chi connectivity index (χ1) is 27.7. The lowest BCUT2D eigenvalue weighted by molar-refractivity contribution is -0.173. The van der Waals surface area contributed by atoms with Crippen LogP contribution in [0.1, 0.15) is 87.5 Å². The fourth-order valence-corrected chi connectivity index (χ4v) is 4.80. The molecule has 0 rings (SSSR count). The van der Waals surface area contributed by atoms with Crippen LogP contribution in [0.5, 0.6) is 0 Å². The monoisotopic (exact) mass is 868 g/mol. The van der Waals surface area contributed by atoms with Crippen molar-refractivity contribution >= 4 is 41.4 Å². The number of ketones is 2. The second kappa shape index (κ2) is 24.1. The van der Waals surface area contributed by atoms with Gasteiger partial charge in [-0.1, -0.05) is 6.92 Å². The van der Waals surface area contributed by atoms with Crippen molar-refractivity contribution in [1.82, 2.24) is 0 Å². The van der Waals surface area contributed by atoms with Gasteiger partial charge in [0.15, 0.2) is 0 Å². The normalized spacial score (nSPS) is 13.0. The summed E-state index contributed by atoms with van der Waals surface area (Å²) in [6.07, 6.45) is -1.13. The summed E-state index contributed by atoms with van der Waals surface area (Å²) in [6, 6.07) is 0. The Morgan fingerprint density at radius 2 is 0.567 bits per heavy atom. The molecule has 60 heavy (non-hydrogen) atoms. The van der Waals surface area contributed by atoms with Gasteiger partial charge in [0, 0.05) is 12.8 Å². The summed E-state index contributed by atoms with van der Waals surface area (Å²) in [5, 5.41) is 77.3. The Bertz CT molecular complexity index is 1280. The third-order valence-electron chi connectivity index (χ3n) is 10.9. The van der Waals surface area contributed by atoms with Gasteiger partial charge in [-0.2, -0.15) is 0 Å². The minimum absolute atomic E-state index is 0.0323. The molecule has 0 amide bonds. The summed E-state index contributed by atoms with van der Waals surface area (Å²) < 4.78 is 26.7. The van der Waals surface area contributed by atoms with Crippen LogP contribution < -0.4 is 0 Å². The highest BCUT2D eigenvalue weighted by Gasteiger charge is 2.46. The smallest absolute Gasteiger partial charge is 0.316 e. The molecule has 8 N–H and O–H groups in total. The van der Waals surface area contributed by atoms with E-state index in [1.54, 1.807) is 6.92 Å². The number of carbonyl (C=O) groups excluding carboxylic acids is 7. The number of carbonyl (C=O) groups is 7. The topological polar surface area (TPSA) is 327 Å². The van der Waals surface area contributed by atoms with Gasteiger partial charge in [-0.05, 0) is 67.7 Å². The molecule has 0 atom stereocenters. The van der Waals surface area contributed by atoms with E-state index in [4.69, 9.17) is 23.7 Å². The lowest BCUT2D eigenvalue weighted by atomic mass is 9.74. The molecular formula is C40H68O20. The molecule has 0 aromatic rings. The quantitative estimate of drug-likeness (QED) is 0.0299. The SMILES string of the molecule is CCCOC(=O)C(C)(CCC(=O)C(C)(COC(=O)C(C)(CO)CO)COC(=O)C(C)(CO)CO)CCC(=O)C(C)(COC(=O)C(C)(CO)CO)COC(=O)C(C)(CO)CO. The Balaban J connectivity index is 6.74. The Hall–Kier alpha value is -3.63. The van der Waals surface area contributed by atoms with Gasteiger partial charge < -0.3 is 64.5 Å². The van der Waals surface area contributed by atoms with Crippen LogP contribution in [-0.4, -0.2) is 168 Å². The summed E-state index contributed by atoms with van der Waals surface area (Å²) in [5.74, 6) is -6.60. The fourth-order valence-electron chi connectivity index (χ4n) is 4.80. The molecule has 20 heteroatoms. The van der Waals surface area contributed by atoms with Crippen LogP contribution in [0, 0.1) is 37.9 Å². The standard InChI is InChI=1S/C40H68O20/c1-9-14-56-29(51)34(2,12-10-27(49)39(7,23-57-30(52)35(3,15-41)16-42)24-58-31(53)36(4,17-43)18-44)13-11-28(50)40(8,25-59-32(54)37(5,19-45)20-46)26-60-33(55)38(6,21-47)22-48/h41-48H,9-26H2,1-8H3. The molecule has 0 saturated heterocycles. The molecule has 0 saturated carbocycles. The van der Waals surface area contributed by atoms with Gasteiger partial charge in [0.1, 0.15) is 59.7 Å². The zero-order valence-electron chi connectivity index (χ0n) is 36.2. The number of hydrogen-bond donors (Lipinski definition) is 8. The van der Waals surface area contributed by atoms with E-state index in [2.05, 4.69) is 0 Å². The maximum absolute atomic E-state index is 14.0. The molecule has 20 nitrogen and oxygen atoms in total. The third-order valence-corrected chi connectivity index (χ3v) is 10.9. The minimum atomic E-state index is -1.84. The first kappa shape index (κ1) is 56.4. The average Bonchev–Trinajstić information content (AvgIpc) is 3.26. The first-order valence-corrected chi connectivity index (χ1v) is 19.5. The highest BCUT2D eigenvalue weighted by Crippen LogP contribution is 2.36. The Morgan fingerprint density at radius 3 is 0.767 bits per heavy atom. The van der Waals surface area contributed by atoms with Crippen LogP contribution in [-0.2, 0) is 57.2 Å². The van der Waals surface area contributed by atoms with Gasteiger partial charge in [-0.3, -0.25) is 33.6 Å². The van der Waals surface area contributed by atoms with Crippen molar-refractivity contribution in [2.24, 2.45) is 37.9 Å². The average molecular weight is 869 g/mol. The zero-order chi connectivity index (χ0) is 46.8. The van der Waals surface area contributed by atoms with Gasteiger partial charge in [0.25, 0.3) is 0 Å². The lowest BCUT2D eigenvalue weighted by Gasteiger charge is -2.34. The van der Waals surface area contributed by atoms with Gasteiger partial charge in [-0.15, -0.1) is 0 Å². The fraction of sp³-hybridized carbons (Fsp3) is 0.825. The van der Waals surface area contributed by atoms with E-state index in [9.17, 15) is 74.4 Å². The number of hydrogen-bond acceptors (Lipinski definition) is 20. The van der Waals surface area contributed by atoms with Crippen LogP contribution in [0.25, 0.3) is 0 Å². The maximum Gasteiger partial charge on any atom is 0.316 e. The van der Waals surface area contributed by atoms with Crippen molar-refractivity contribution in [2.45, 2.75) is 87.5 Å². The van der Waals surface area contributed by atoms with E-state index in [-0.39, 0.29) is 19.4 Å². The summed E-state index contributed by atoms with van der Waals surface area (Å²) in [5.41, 5.74) is -12.3. The highest BCUT2D eigenvalue weighted by atomic mass is 16.6. The molecule has 0 bridgehead atoms. The number of ether oxygens (including phenoxy) is 5. The summed E-state index contributed by atoms with van der Waals surface area (Å²) in [4.78, 5) is 93.0.